The molecule has 0 atom stereocenters. The number of methoxy groups -OCH3 is 1. The minimum absolute atomic E-state index is 0.573. The second-order valence-electron chi connectivity index (χ2n) is 4.40. The van der Waals surface area contributed by atoms with E-state index in [1.165, 1.54) is 5.56 Å². The second-order valence-corrected chi connectivity index (χ2v) is 5.25. The van der Waals surface area contributed by atoms with Gasteiger partial charge in [-0.1, -0.05) is 13.0 Å². The van der Waals surface area contributed by atoms with Gasteiger partial charge in [0.05, 0.1) is 17.7 Å². The van der Waals surface area contributed by atoms with E-state index in [2.05, 4.69) is 40.3 Å². The first-order valence-corrected chi connectivity index (χ1v) is 7.75. The van der Waals surface area contributed by atoms with Crippen LogP contribution in [0.1, 0.15) is 18.9 Å². The highest BCUT2D eigenvalue weighted by molar-refractivity contribution is 9.10. The Kier molecular flexibility index (Phi) is 9.66. The van der Waals surface area contributed by atoms with Gasteiger partial charge in [0.15, 0.2) is 0 Å². The zero-order chi connectivity index (χ0) is 14.6. The van der Waals surface area contributed by atoms with Crippen molar-refractivity contribution in [2.24, 2.45) is 0 Å². The first kappa shape index (κ1) is 17.4. The Morgan fingerprint density at radius 1 is 1.15 bits per heavy atom. The molecule has 0 saturated heterocycles. The van der Waals surface area contributed by atoms with Gasteiger partial charge in [-0.15, -0.1) is 0 Å². The number of hydrogen-bond acceptors (Lipinski definition) is 4. The number of ether oxygens (including phenoxy) is 3. The molecule has 0 amide bonds. The highest BCUT2D eigenvalue weighted by Gasteiger charge is 2.02. The molecule has 1 rings (SSSR count). The molecule has 114 valence electrons. The molecule has 1 N–H and O–H groups in total. The smallest absolute Gasteiger partial charge is 0.133 e. The summed E-state index contributed by atoms with van der Waals surface area (Å²) in [6.07, 6.45) is 1.04. The van der Waals surface area contributed by atoms with Crippen molar-refractivity contribution in [3.8, 4) is 5.75 Å². The molecule has 1 aromatic rings. The fourth-order valence-corrected chi connectivity index (χ4v) is 2.18. The van der Waals surface area contributed by atoms with Crippen LogP contribution in [-0.2, 0) is 16.0 Å². The molecule has 0 spiro atoms. The predicted octanol–water partition coefficient (Wildman–Crippen LogP) is 2.99. The summed E-state index contributed by atoms with van der Waals surface area (Å²) < 4.78 is 17.0. The summed E-state index contributed by atoms with van der Waals surface area (Å²) in [7, 11) is 1.70. The molecule has 4 nitrogen and oxygen atoms in total. The van der Waals surface area contributed by atoms with Gasteiger partial charge in [0.25, 0.3) is 0 Å². The molecule has 0 aliphatic rings. The summed E-state index contributed by atoms with van der Waals surface area (Å²) in [5, 5.41) is 3.31. The van der Waals surface area contributed by atoms with Crippen LogP contribution in [-0.4, -0.2) is 40.1 Å². The van der Waals surface area contributed by atoms with E-state index in [-0.39, 0.29) is 0 Å². The number of nitrogens with one attached hydrogen (secondary N) is 1. The van der Waals surface area contributed by atoms with E-state index in [1.807, 2.05) is 6.07 Å². The normalized spacial score (nSPS) is 10.8. The van der Waals surface area contributed by atoms with E-state index in [1.54, 1.807) is 7.11 Å². The lowest BCUT2D eigenvalue weighted by atomic mass is 10.2. The minimum Gasteiger partial charge on any atom is -0.490 e. The zero-order valence-electron chi connectivity index (χ0n) is 12.3. The van der Waals surface area contributed by atoms with Crippen LogP contribution in [0.3, 0.4) is 0 Å². The highest BCUT2D eigenvalue weighted by atomic mass is 79.9. The SMILES string of the molecule is CCCOCCOc1ccc(CNCCOC)cc1Br. The van der Waals surface area contributed by atoms with Crippen LogP contribution in [0.2, 0.25) is 0 Å². The second kappa shape index (κ2) is 11.1. The van der Waals surface area contributed by atoms with Gasteiger partial charge in [-0.2, -0.15) is 0 Å². The van der Waals surface area contributed by atoms with Crippen LogP contribution in [0.4, 0.5) is 0 Å². The van der Waals surface area contributed by atoms with E-state index in [9.17, 15) is 0 Å². The Balaban J connectivity index is 2.31. The van der Waals surface area contributed by atoms with Crippen molar-refractivity contribution in [2.45, 2.75) is 19.9 Å². The lowest BCUT2D eigenvalue weighted by molar-refractivity contribution is 0.100. The van der Waals surface area contributed by atoms with Gasteiger partial charge in [0.1, 0.15) is 12.4 Å². The van der Waals surface area contributed by atoms with Crippen LogP contribution in [0.15, 0.2) is 22.7 Å². The Morgan fingerprint density at radius 3 is 2.70 bits per heavy atom. The largest absolute Gasteiger partial charge is 0.490 e. The van der Waals surface area contributed by atoms with Crippen molar-refractivity contribution in [1.82, 2.24) is 5.32 Å². The Bertz CT molecular complexity index is 374. The summed E-state index contributed by atoms with van der Waals surface area (Å²) in [6, 6.07) is 6.12. The standard InChI is InChI=1S/C15H24BrNO3/c1-3-7-19-9-10-20-15-5-4-13(11-14(15)16)12-17-6-8-18-2/h4-5,11,17H,3,6-10,12H2,1-2H3. The summed E-state index contributed by atoms with van der Waals surface area (Å²) >= 11 is 3.53. The predicted molar refractivity (Wildman–Crippen MR) is 84.3 cm³/mol. The van der Waals surface area contributed by atoms with Gasteiger partial charge in [-0.3, -0.25) is 0 Å². The fourth-order valence-electron chi connectivity index (χ4n) is 1.64. The average molecular weight is 346 g/mol. The Morgan fingerprint density at radius 2 is 2.00 bits per heavy atom. The molecule has 1 aromatic carbocycles. The van der Waals surface area contributed by atoms with E-state index in [0.717, 1.165) is 42.9 Å². The van der Waals surface area contributed by atoms with E-state index in [0.29, 0.717) is 13.2 Å². The van der Waals surface area contributed by atoms with Crippen LogP contribution in [0, 0.1) is 0 Å². The molecule has 0 saturated carbocycles. The molecule has 0 aliphatic carbocycles. The lowest BCUT2D eigenvalue weighted by Crippen LogP contribution is -2.18. The molecule has 0 aromatic heterocycles. The van der Waals surface area contributed by atoms with Crippen molar-refractivity contribution in [1.29, 1.82) is 0 Å². The molecule has 0 unspecified atom stereocenters. The van der Waals surface area contributed by atoms with Crippen molar-refractivity contribution in [2.75, 3.05) is 40.1 Å². The van der Waals surface area contributed by atoms with E-state index >= 15 is 0 Å². The molecular weight excluding hydrogens is 322 g/mol. The highest BCUT2D eigenvalue weighted by Crippen LogP contribution is 2.25. The molecule has 20 heavy (non-hydrogen) atoms. The maximum absolute atomic E-state index is 5.67. The maximum atomic E-state index is 5.67. The van der Waals surface area contributed by atoms with Gasteiger partial charge in [0.2, 0.25) is 0 Å². The van der Waals surface area contributed by atoms with Gasteiger partial charge in [-0.05, 0) is 40.0 Å². The minimum atomic E-state index is 0.573. The van der Waals surface area contributed by atoms with Crippen LogP contribution < -0.4 is 10.1 Å². The molecular formula is C15H24BrNO3. The summed E-state index contributed by atoms with van der Waals surface area (Å²) in [5.74, 6) is 0.853. The third-order valence-electron chi connectivity index (χ3n) is 2.64. The summed E-state index contributed by atoms with van der Waals surface area (Å²) in [5.41, 5.74) is 1.21. The third-order valence-corrected chi connectivity index (χ3v) is 3.26. The molecule has 0 fully saturated rings. The molecule has 0 aliphatic heterocycles. The van der Waals surface area contributed by atoms with Crippen LogP contribution >= 0.6 is 15.9 Å². The van der Waals surface area contributed by atoms with Crippen molar-refractivity contribution in [3.63, 3.8) is 0 Å². The summed E-state index contributed by atoms with van der Waals surface area (Å²) in [4.78, 5) is 0. The van der Waals surface area contributed by atoms with E-state index < -0.39 is 0 Å². The van der Waals surface area contributed by atoms with Crippen LogP contribution in [0.25, 0.3) is 0 Å². The van der Waals surface area contributed by atoms with Gasteiger partial charge >= 0.3 is 0 Å². The average Bonchev–Trinajstić information content (AvgIpc) is 2.45. The van der Waals surface area contributed by atoms with Crippen molar-refractivity contribution < 1.29 is 14.2 Å². The number of rotatable bonds is 11. The molecule has 5 heteroatoms. The molecule has 0 heterocycles. The quantitative estimate of drug-likeness (QED) is 0.626. The molecule has 0 bridgehead atoms. The molecule has 0 radical (unpaired) electrons. The maximum Gasteiger partial charge on any atom is 0.133 e. The van der Waals surface area contributed by atoms with E-state index in [4.69, 9.17) is 14.2 Å². The van der Waals surface area contributed by atoms with Crippen molar-refractivity contribution in [3.05, 3.63) is 28.2 Å². The first-order chi connectivity index (χ1) is 9.77. The third kappa shape index (κ3) is 7.24. The fraction of sp³-hybridized carbons (Fsp3) is 0.600. The Hall–Kier alpha value is -0.620. The lowest BCUT2D eigenvalue weighted by Gasteiger charge is -2.10. The number of halogens is 1. The summed E-state index contributed by atoms with van der Waals surface area (Å²) in [6.45, 7) is 6.47. The topological polar surface area (TPSA) is 39.7 Å². The number of benzene rings is 1. The monoisotopic (exact) mass is 345 g/mol. The first-order valence-electron chi connectivity index (χ1n) is 6.96. The van der Waals surface area contributed by atoms with Crippen LogP contribution in [0.5, 0.6) is 5.75 Å². The Labute approximate surface area is 129 Å². The number of hydrogen-bond donors (Lipinski definition) is 1. The van der Waals surface area contributed by atoms with Crippen molar-refractivity contribution >= 4 is 15.9 Å². The van der Waals surface area contributed by atoms with Gasteiger partial charge in [-0.25, -0.2) is 0 Å². The van der Waals surface area contributed by atoms with Gasteiger partial charge in [0, 0.05) is 26.8 Å². The zero-order valence-corrected chi connectivity index (χ0v) is 13.9. The van der Waals surface area contributed by atoms with Gasteiger partial charge < -0.3 is 19.5 Å².